The smallest absolute Gasteiger partial charge is 0.231 e. The molecule has 0 amide bonds. The van der Waals surface area contributed by atoms with Crippen molar-refractivity contribution >= 4 is 5.78 Å². The maximum absolute atomic E-state index is 12.8. The van der Waals surface area contributed by atoms with E-state index in [-0.39, 0.29) is 12.6 Å². The Kier molecular flexibility index (Phi) is 4.70. The van der Waals surface area contributed by atoms with E-state index in [9.17, 15) is 4.79 Å². The molecule has 6 nitrogen and oxygen atoms in total. The maximum atomic E-state index is 12.8. The van der Waals surface area contributed by atoms with Crippen LogP contribution in [0.2, 0.25) is 0 Å². The molecule has 1 fully saturated rings. The SMILES string of the molecule is Cc1cc(C(=O)CN2CCOCC2)c(C)n1Cc1ccc2c(c1)OCO2. The molecule has 2 aliphatic rings. The Morgan fingerprint density at radius 3 is 2.65 bits per heavy atom. The molecule has 0 atom stereocenters. The molecule has 0 bridgehead atoms. The molecule has 1 aromatic heterocycles. The number of nitrogens with zero attached hydrogens (tertiary/aromatic N) is 2. The van der Waals surface area contributed by atoms with E-state index in [1.54, 1.807) is 0 Å². The van der Waals surface area contributed by atoms with Gasteiger partial charge >= 0.3 is 0 Å². The highest BCUT2D eigenvalue weighted by Crippen LogP contribution is 2.33. The van der Waals surface area contributed by atoms with Gasteiger partial charge in [-0.05, 0) is 37.6 Å². The molecule has 2 aromatic rings. The molecule has 4 rings (SSSR count). The third-order valence-electron chi connectivity index (χ3n) is 5.12. The molecule has 6 heteroatoms. The van der Waals surface area contributed by atoms with Crippen LogP contribution in [0, 0.1) is 13.8 Å². The first-order chi connectivity index (χ1) is 12.6. The van der Waals surface area contributed by atoms with Gasteiger partial charge in [-0.15, -0.1) is 0 Å². The van der Waals surface area contributed by atoms with Crippen molar-refractivity contribution in [2.45, 2.75) is 20.4 Å². The van der Waals surface area contributed by atoms with E-state index < -0.39 is 0 Å². The lowest BCUT2D eigenvalue weighted by molar-refractivity contribution is 0.0371. The summed E-state index contributed by atoms with van der Waals surface area (Å²) in [4.78, 5) is 14.9. The molecule has 1 saturated heterocycles. The number of ketones is 1. The Morgan fingerprint density at radius 1 is 1.08 bits per heavy atom. The number of benzene rings is 1. The summed E-state index contributed by atoms with van der Waals surface area (Å²) in [5.41, 5.74) is 4.04. The first-order valence-electron chi connectivity index (χ1n) is 9.00. The second kappa shape index (κ2) is 7.13. The molecule has 1 aromatic carbocycles. The van der Waals surface area contributed by atoms with Gasteiger partial charge in [0.2, 0.25) is 6.79 Å². The molecule has 0 aliphatic carbocycles. The fourth-order valence-corrected chi connectivity index (χ4v) is 3.60. The molecule has 0 N–H and O–H groups in total. The van der Waals surface area contributed by atoms with E-state index in [1.165, 1.54) is 0 Å². The predicted octanol–water partition coefficient (Wildman–Crippen LogP) is 2.40. The van der Waals surface area contributed by atoms with Gasteiger partial charge < -0.3 is 18.8 Å². The molecule has 26 heavy (non-hydrogen) atoms. The number of hydrogen-bond acceptors (Lipinski definition) is 5. The Bertz CT molecular complexity index is 821. The Morgan fingerprint density at radius 2 is 1.85 bits per heavy atom. The quantitative estimate of drug-likeness (QED) is 0.770. The zero-order chi connectivity index (χ0) is 18.1. The van der Waals surface area contributed by atoms with Gasteiger partial charge in [0.15, 0.2) is 17.3 Å². The number of carbonyl (C=O) groups is 1. The van der Waals surface area contributed by atoms with Crippen LogP contribution in [0.15, 0.2) is 24.3 Å². The highest BCUT2D eigenvalue weighted by Gasteiger charge is 2.20. The van der Waals surface area contributed by atoms with Crippen LogP contribution < -0.4 is 9.47 Å². The number of carbonyl (C=O) groups excluding carboxylic acids is 1. The zero-order valence-electron chi connectivity index (χ0n) is 15.3. The van der Waals surface area contributed by atoms with Crippen LogP contribution in [0.25, 0.3) is 0 Å². The molecule has 0 unspecified atom stereocenters. The van der Waals surface area contributed by atoms with Gasteiger partial charge in [0.1, 0.15) is 0 Å². The molecular weight excluding hydrogens is 332 g/mol. The lowest BCUT2D eigenvalue weighted by atomic mass is 10.1. The van der Waals surface area contributed by atoms with Crippen LogP contribution in [-0.2, 0) is 11.3 Å². The third-order valence-corrected chi connectivity index (χ3v) is 5.12. The minimum absolute atomic E-state index is 0.178. The minimum atomic E-state index is 0.178. The normalized spacial score (nSPS) is 16.8. The number of fused-ring (bicyclic) bond motifs is 1. The number of aromatic nitrogens is 1. The van der Waals surface area contributed by atoms with Crippen LogP contribution in [0.4, 0.5) is 0 Å². The minimum Gasteiger partial charge on any atom is -0.454 e. The predicted molar refractivity (Wildman–Crippen MR) is 97.2 cm³/mol. The monoisotopic (exact) mass is 356 g/mol. The topological polar surface area (TPSA) is 52.9 Å². The van der Waals surface area contributed by atoms with Crippen molar-refractivity contribution in [3.8, 4) is 11.5 Å². The largest absolute Gasteiger partial charge is 0.454 e. The summed E-state index contributed by atoms with van der Waals surface area (Å²) in [5.74, 6) is 1.75. The van der Waals surface area contributed by atoms with Gasteiger partial charge in [0.25, 0.3) is 0 Å². The van der Waals surface area contributed by atoms with Crippen LogP contribution in [0.1, 0.15) is 27.3 Å². The second-order valence-corrected chi connectivity index (χ2v) is 6.87. The summed E-state index contributed by atoms with van der Waals surface area (Å²) in [5, 5.41) is 0. The molecule has 3 heterocycles. The molecule has 0 saturated carbocycles. The standard InChI is InChI=1S/C20H24N2O4/c1-14-9-17(18(23)12-21-5-7-24-8-6-21)15(2)22(14)11-16-3-4-19-20(10-16)26-13-25-19/h3-4,9-10H,5-8,11-13H2,1-2H3. The van der Waals surface area contributed by atoms with Gasteiger partial charge in [-0.1, -0.05) is 6.07 Å². The van der Waals surface area contributed by atoms with Crippen molar-refractivity contribution in [1.29, 1.82) is 0 Å². The molecule has 138 valence electrons. The number of rotatable bonds is 5. The molecular formula is C20H24N2O4. The summed E-state index contributed by atoms with van der Waals surface area (Å²) < 4.78 is 18.4. The van der Waals surface area contributed by atoms with E-state index in [0.29, 0.717) is 26.3 Å². The average Bonchev–Trinajstić information content (AvgIpc) is 3.22. The average molecular weight is 356 g/mol. The third kappa shape index (κ3) is 3.34. The van der Waals surface area contributed by atoms with Gasteiger partial charge in [-0.25, -0.2) is 0 Å². The number of ether oxygens (including phenoxy) is 3. The maximum Gasteiger partial charge on any atom is 0.231 e. The molecule has 2 aliphatic heterocycles. The fourth-order valence-electron chi connectivity index (χ4n) is 3.60. The highest BCUT2D eigenvalue weighted by molar-refractivity contribution is 5.99. The number of Topliss-reactive ketones (excluding diaryl/α,β-unsaturated/α-hetero) is 1. The number of morpholine rings is 1. The lowest BCUT2D eigenvalue weighted by Crippen LogP contribution is -2.39. The van der Waals surface area contributed by atoms with Gasteiger partial charge in [-0.3, -0.25) is 9.69 Å². The number of hydrogen-bond donors (Lipinski definition) is 0. The zero-order valence-corrected chi connectivity index (χ0v) is 15.3. The van der Waals surface area contributed by atoms with Crippen LogP contribution in [0.5, 0.6) is 11.5 Å². The van der Waals surface area contributed by atoms with E-state index in [0.717, 1.165) is 47.1 Å². The van der Waals surface area contributed by atoms with Crippen LogP contribution in [0.3, 0.4) is 0 Å². The van der Waals surface area contributed by atoms with E-state index >= 15 is 0 Å². The van der Waals surface area contributed by atoms with E-state index in [1.807, 2.05) is 38.1 Å². The van der Waals surface area contributed by atoms with Crippen LogP contribution >= 0.6 is 0 Å². The lowest BCUT2D eigenvalue weighted by Gasteiger charge is -2.25. The Balaban J connectivity index is 1.51. The molecule has 0 spiro atoms. The van der Waals surface area contributed by atoms with Gasteiger partial charge in [0.05, 0.1) is 19.8 Å². The highest BCUT2D eigenvalue weighted by atomic mass is 16.7. The van der Waals surface area contributed by atoms with Crippen molar-refractivity contribution in [3.05, 3.63) is 46.8 Å². The Hall–Kier alpha value is -2.31. The van der Waals surface area contributed by atoms with Crippen molar-refractivity contribution in [2.24, 2.45) is 0 Å². The van der Waals surface area contributed by atoms with E-state index in [2.05, 4.69) is 9.47 Å². The second-order valence-electron chi connectivity index (χ2n) is 6.87. The number of aryl methyl sites for hydroxylation is 1. The van der Waals surface area contributed by atoms with Crippen molar-refractivity contribution in [2.75, 3.05) is 39.6 Å². The summed E-state index contributed by atoms with van der Waals surface area (Å²) in [6.45, 7) is 8.56. The summed E-state index contributed by atoms with van der Waals surface area (Å²) >= 11 is 0. The van der Waals surface area contributed by atoms with Crippen molar-refractivity contribution < 1.29 is 19.0 Å². The molecule has 0 radical (unpaired) electrons. The first kappa shape index (κ1) is 17.1. The summed E-state index contributed by atoms with van der Waals surface area (Å²) in [6.07, 6.45) is 0. The first-order valence-corrected chi connectivity index (χ1v) is 9.00. The van der Waals surface area contributed by atoms with E-state index in [4.69, 9.17) is 14.2 Å². The summed E-state index contributed by atoms with van der Waals surface area (Å²) in [6, 6.07) is 8.00. The fraction of sp³-hybridized carbons (Fsp3) is 0.450. The van der Waals surface area contributed by atoms with Crippen LogP contribution in [-0.4, -0.2) is 54.9 Å². The Labute approximate surface area is 153 Å². The van der Waals surface area contributed by atoms with Crippen molar-refractivity contribution in [3.63, 3.8) is 0 Å². The van der Waals surface area contributed by atoms with Gasteiger partial charge in [-0.2, -0.15) is 0 Å². The van der Waals surface area contributed by atoms with Crippen molar-refractivity contribution in [1.82, 2.24) is 9.47 Å². The van der Waals surface area contributed by atoms with Gasteiger partial charge in [0, 0.05) is 36.6 Å². The summed E-state index contributed by atoms with van der Waals surface area (Å²) in [7, 11) is 0.